The number of hydrogen-bond donors (Lipinski definition) is 4. The molecule has 1 heterocycles. The lowest BCUT2D eigenvalue weighted by molar-refractivity contribution is -0.0115. The first-order chi connectivity index (χ1) is 23.6. The van der Waals surface area contributed by atoms with E-state index in [0.717, 1.165) is 19.3 Å². The predicted molar refractivity (Wildman–Crippen MR) is 191 cm³/mol. The van der Waals surface area contributed by atoms with Crippen molar-refractivity contribution in [2.24, 2.45) is 5.92 Å². The number of methoxy groups -OCH3 is 1. The van der Waals surface area contributed by atoms with Crippen LogP contribution in [0.15, 0.2) is 72.8 Å². The van der Waals surface area contributed by atoms with Gasteiger partial charge in [-0.1, -0.05) is 25.1 Å². The Labute approximate surface area is 288 Å². The quantitative estimate of drug-likeness (QED) is 0.220. The van der Waals surface area contributed by atoms with Gasteiger partial charge in [0.1, 0.15) is 11.5 Å². The van der Waals surface area contributed by atoms with Crippen LogP contribution in [0.4, 0.5) is 26.7 Å². The van der Waals surface area contributed by atoms with Crippen LogP contribution in [0.5, 0.6) is 11.5 Å². The SMILES string of the molecule is COc1ccc(NC(=O)N(C)C[C@@H]2OCCCC[C@@H](C)Oc3ccc(NC(=O)Nc4ccccc4)cc3C(=O)N([C@H](C)CO)C[C@H]2C)cc1. The van der Waals surface area contributed by atoms with E-state index in [0.29, 0.717) is 35.2 Å². The molecule has 4 atom stereocenters. The molecule has 0 saturated carbocycles. The highest BCUT2D eigenvalue weighted by atomic mass is 16.5. The molecule has 1 aliphatic rings. The monoisotopic (exact) mass is 675 g/mol. The third-order valence-electron chi connectivity index (χ3n) is 8.48. The first-order valence-corrected chi connectivity index (χ1v) is 16.7. The van der Waals surface area contributed by atoms with Gasteiger partial charge in [-0.3, -0.25) is 4.79 Å². The molecule has 3 aromatic rings. The number of nitrogens with zero attached hydrogens (tertiary/aromatic N) is 2. The third-order valence-corrected chi connectivity index (χ3v) is 8.48. The van der Waals surface area contributed by atoms with Crippen LogP contribution in [0, 0.1) is 5.92 Å². The maximum Gasteiger partial charge on any atom is 0.323 e. The second-order valence-corrected chi connectivity index (χ2v) is 12.5. The molecular weight excluding hydrogens is 626 g/mol. The maximum absolute atomic E-state index is 14.4. The molecule has 12 nitrogen and oxygen atoms in total. The summed E-state index contributed by atoms with van der Waals surface area (Å²) in [7, 11) is 3.29. The number of aliphatic hydroxyl groups is 1. The summed E-state index contributed by atoms with van der Waals surface area (Å²) in [6.07, 6.45) is 1.77. The standard InChI is InChI=1S/C37H49N5O7/c1-25-22-42(26(2)24-43)35(44)32-21-30(39-36(45)38-28-12-7-6-8-13-28)16-19-33(32)49-27(3)11-9-10-20-48-34(25)23-41(4)37(46)40-29-14-17-31(47-5)18-15-29/h6-8,12-19,21,25-27,34,43H,9-11,20,22-24H2,1-5H3,(H,40,46)(H2,38,39,45)/t25-,26-,27-,34+/m1/s1. The smallest absolute Gasteiger partial charge is 0.323 e. The number of urea groups is 2. The fourth-order valence-corrected chi connectivity index (χ4v) is 5.52. The van der Waals surface area contributed by atoms with E-state index in [4.69, 9.17) is 14.2 Å². The molecule has 0 bridgehead atoms. The van der Waals surface area contributed by atoms with E-state index in [2.05, 4.69) is 16.0 Å². The van der Waals surface area contributed by atoms with E-state index in [1.54, 1.807) is 85.5 Å². The Balaban J connectivity index is 1.56. The van der Waals surface area contributed by atoms with Crippen LogP contribution in [0.1, 0.15) is 50.4 Å². The summed E-state index contributed by atoms with van der Waals surface area (Å²) >= 11 is 0. The lowest BCUT2D eigenvalue weighted by Crippen LogP contribution is -2.48. The fourth-order valence-electron chi connectivity index (χ4n) is 5.52. The first kappa shape index (κ1) is 37.0. The summed E-state index contributed by atoms with van der Waals surface area (Å²) in [5.41, 5.74) is 1.94. The van der Waals surface area contributed by atoms with Gasteiger partial charge in [-0.2, -0.15) is 0 Å². The molecule has 0 aliphatic carbocycles. The minimum Gasteiger partial charge on any atom is -0.497 e. The molecule has 264 valence electrons. The Morgan fingerprint density at radius 1 is 0.980 bits per heavy atom. The summed E-state index contributed by atoms with van der Waals surface area (Å²) in [5.74, 6) is 0.505. The number of rotatable bonds is 8. The van der Waals surface area contributed by atoms with Crippen LogP contribution in [0.3, 0.4) is 0 Å². The van der Waals surface area contributed by atoms with Gasteiger partial charge >= 0.3 is 12.1 Å². The van der Waals surface area contributed by atoms with E-state index in [-0.39, 0.29) is 49.2 Å². The van der Waals surface area contributed by atoms with Crippen LogP contribution < -0.4 is 25.4 Å². The molecule has 0 spiro atoms. The van der Waals surface area contributed by atoms with Crippen molar-refractivity contribution in [3.8, 4) is 11.5 Å². The van der Waals surface area contributed by atoms with Gasteiger partial charge in [-0.05, 0) is 87.7 Å². The van der Waals surface area contributed by atoms with E-state index in [1.807, 2.05) is 32.0 Å². The molecule has 0 saturated heterocycles. The van der Waals surface area contributed by atoms with Crippen LogP contribution >= 0.6 is 0 Å². The van der Waals surface area contributed by atoms with Gasteiger partial charge < -0.3 is 45.1 Å². The Kier molecular flexibility index (Phi) is 13.7. The molecule has 1 aliphatic heterocycles. The van der Waals surface area contributed by atoms with Crippen molar-refractivity contribution in [1.29, 1.82) is 0 Å². The number of para-hydroxylation sites is 1. The normalized spacial score (nSPS) is 19.3. The minimum atomic E-state index is -0.539. The third kappa shape index (κ3) is 10.8. The fraction of sp³-hybridized carbons (Fsp3) is 0.432. The zero-order valence-corrected chi connectivity index (χ0v) is 29.0. The predicted octanol–water partition coefficient (Wildman–Crippen LogP) is 6.30. The number of hydrogen-bond acceptors (Lipinski definition) is 7. The molecule has 12 heteroatoms. The molecule has 0 aromatic heterocycles. The van der Waals surface area contributed by atoms with Gasteiger partial charge in [-0.15, -0.1) is 0 Å². The number of nitrogens with one attached hydrogen (secondary N) is 3. The minimum absolute atomic E-state index is 0.194. The number of fused-ring (bicyclic) bond motifs is 1. The van der Waals surface area contributed by atoms with Crippen molar-refractivity contribution >= 4 is 35.0 Å². The Bertz CT molecular complexity index is 1520. The largest absolute Gasteiger partial charge is 0.497 e. The summed E-state index contributed by atoms with van der Waals surface area (Å²) in [5, 5.41) is 18.7. The number of carbonyl (C=O) groups is 3. The Morgan fingerprint density at radius 3 is 2.35 bits per heavy atom. The van der Waals surface area contributed by atoms with E-state index in [9.17, 15) is 19.5 Å². The number of anilines is 3. The van der Waals surface area contributed by atoms with Crippen LogP contribution in [0.2, 0.25) is 0 Å². The summed E-state index contributed by atoms with van der Waals surface area (Å²) < 4.78 is 17.9. The Morgan fingerprint density at radius 2 is 1.65 bits per heavy atom. The molecular formula is C37H49N5O7. The van der Waals surface area contributed by atoms with Crippen LogP contribution in [-0.4, -0.2) is 91.6 Å². The van der Waals surface area contributed by atoms with Crippen molar-refractivity contribution in [2.45, 2.75) is 58.3 Å². The highest BCUT2D eigenvalue weighted by molar-refractivity contribution is 6.02. The molecule has 5 amide bonds. The number of likely N-dealkylation sites (N-methyl/N-ethyl adjacent to an activating group) is 1. The van der Waals surface area contributed by atoms with Crippen molar-refractivity contribution in [2.75, 3.05) is 56.4 Å². The van der Waals surface area contributed by atoms with Crippen molar-refractivity contribution in [3.05, 3.63) is 78.4 Å². The number of aliphatic hydroxyl groups excluding tert-OH is 1. The number of ether oxygens (including phenoxy) is 3. The molecule has 0 radical (unpaired) electrons. The van der Waals surface area contributed by atoms with E-state index < -0.39 is 18.2 Å². The lowest BCUT2D eigenvalue weighted by Gasteiger charge is -2.35. The number of benzene rings is 3. The van der Waals surface area contributed by atoms with Gasteiger partial charge in [0.25, 0.3) is 5.91 Å². The van der Waals surface area contributed by atoms with E-state index >= 15 is 0 Å². The first-order valence-electron chi connectivity index (χ1n) is 16.7. The molecule has 4 rings (SSSR count). The van der Waals surface area contributed by atoms with Gasteiger partial charge in [-0.25, -0.2) is 9.59 Å². The highest BCUT2D eigenvalue weighted by Crippen LogP contribution is 2.29. The average molecular weight is 676 g/mol. The molecule has 49 heavy (non-hydrogen) atoms. The second-order valence-electron chi connectivity index (χ2n) is 12.5. The van der Waals surface area contributed by atoms with Gasteiger partial charge in [0.2, 0.25) is 0 Å². The zero-order chi connectivity index (χ0) is 35.3. The number of carbonyl (C=O) groups excluding carboxylic acids is 3. The highest BCUT2D eigenvalue weighted by Gasteiger charge is 2.31. The summed E-state index contributed by atoms with van der Waals surface area (Å²) in [6, 6.07) is 19.8. The Hall–Kier alpha value is -4.81. The van der Waals surface area contributed by atoms with Gasteiger partial charge in [0.05, 0.1) is 37.5 Å². The van der Waals surface area contributed by atoms with Crippen LogP contribution in [-0.2, 0) is 4.74 Å². The summed E-state index contributed by atoms with van der Waals surface area (Å²) in [6.45, 7) is 6.43. The van der Waals surface area contributed by atoms with Crippen LogP contribution in [0.25, 0.3) is 0 Å². The number of amides is 5. The molecule has 4 N–H and O–H groups in total. The lowest BCUT2D eigenvalue weighted by atomic mass is 10.0. The van der Waals surface area contributed by atoms with Crippen molar-refractivity contribution in [3.63, 3.8) is 0 Å². The van der Waals surface area contributed by atoms with Crippen molar-refractivity contribution in [1.82, 2.24) is 9.80 Å². The molecule has 0 unspecified atom stereocenters. The molecule has 0 fully saturated rings. The topological polar surface area (TPSA) is 142 Å². The summed E-state index contributed by atoms with van der Waals surface area (Å²) in [4.78, 5) is 43.5. The maximum atomic E-state index is 14.4. The second kappa shape index (κ2) is 18.1. The average Bonchev–Trinajstić information content (AvgIpc) is 3.10. The molecule has 3 aromatic carbocycles. The zero-order valence-electron chi connectivity index (χ0n) is 29.0. The van der Waals surface area contributed by atoms with E-state index in [1.165, 1.54) is 0 Å². The van der Waals surface area contributed by atoms with Crippen molar-refractivity contribution < 1.29 is 33.7 Å². The van der Waals surface area contributed by atoms with Gasteiger partial charge in [0.15, 0.2) is 0 Å². The van der Waals surface area contributed by atoms with Gasteiger partial charge in [0, 0.05) is 49.7 Å².